The Labute approximate surface area is 92.1 Å². The minimum absolute atomic E-state index is 0.0680. The SMILES string of the molecule is CCCCCCC(=O)OC[C@@H]1CCCO1. The maximum Gasteiger partial charge on any atom is 0.305 e. The Balaban J connectivity index is 1.93. The molecule has 0 N–H and O–H groups in total. The number of rotatable bonds is 7. The van der Waals surface area contributed by atoms with Gasteiger partial charge in [0.15, 0.2) is 0 Å². The molecule has 15 heavy (non-hydrogen) atoms. The van der Waals surface area contributed by atoms with Crippen LogP contribution in [0.3, 0.4) is 0 Å². The van der Waals surface area contributed by atoms with Gasteiger partial charge in [-0.1, -0.05) is 26.2 Å². The summed E-state index contributed by atoms with van der Waals surface area (Å²) in [5.41, 5.74) is 0. The number of hydrogen-bond acceptors (Lipinski definition) is 3. The van der Waals surface area contributed by atoms with E-state index >= 15 is 0 Å². The van der Waals surface area contributed by atoms with Crippen LogP contribution in [0.5, 0.6) is 0 Å². The first-order valence-corrected chi connectivity index (χ1v) is 6.10. The molecule has 0 aromatic heterocycles. The van der Waals surface area contributed by atoms with E-state index in [1.807, 2.05) is 0 Å². The molecule has 0 bridgehead atoms. The zero-order chi connectivity index (χ0) is 10.9. The lowest BCUT2D eigenvalue weighted by molar-refractivity contribution is -0.147. The Hall–Kier alpha value is -0.570. The molecule has 3 nitrogen and oxygen atoms in total. The molecular weight excluding hydrogens is 192 g/mol. The van der Waals surface area contributed by atoms with Crippen molar-refractivity contribution in [3.05, 3.63) is 0 Å². The lowest BCUT2D eigenvalue weighted by Gasteiger charge is -2.09. The second kappa shape index (κ2) is 7.69. The Morgan fingerprint density at radius 1 is 1.40 bits per heavy atom. The minimum Gasteiger partial charge on any atom is -0.463 e. The number of esters is 1. The maximum absolute atomic E-state index is 11.3. The van der Waals surface area contributed by atoms with E-state index in [9.17, 15) is 4.79 Å². The summed E-state index contributed by atoms with van der Waals surface area (Å²) in [5, 5.41) is 0. The fraction of sp³-hybridized carbons (Fsp3) is 0.917. The lowest BCUT2D eigenvalue weighted by Crippen LogP contribution is -2.17. The molecule has 3 heteroatoms. The first-order chi connectivity index (χ1) is 7.33. The van der Waals surface area contributed by atoms with E-state index in [0.29, 0.717) is 13.0 Å². The highest BCUT2D eigenvalue weighted by Gasteiger charge is 2.17. The molecule has 0 saturated carbocycles. The van der Waals surface area contributed by atoms with E-state index in [0.717, 1.165) is 32.3 Å². The van der Waals surface area contributed by atoms with Crippen molar-refractivity contribution in [2.75, 3.05) is 13.2 Å². The largest absolute Gasteiger partial charge is 0.463 e. The molecule has 1 atom stereocenters. The molecule has 0 spiro atoms. The van der Waals surface area contributed by atoms with Gasteiger partial charge in [0.2, 0.25) is 0 Å². The van der Waals surface area contributed by atoms with Crippen LogP contribution in [0.15, 0.2) is 0 Å². The predicted molar refractivity (Wildman–Crippen MR) is 58.7 cm³/mol. The molecule has 1 saturated heterocycles. The van der Waals surface area contributed by atoms with E-state index < -0.39 is 0 Å². The number of unbranched alkanes of at least 4 members (excludes halogenated alkanes) is 3. The summed E-state index contributed by atoms with van der Waals surface area (Å²) in [6.07, 6.45) is 7.34. The molecular formula is C12H22O3. The molecule has 0 unspecified atom stereocenters. The molecule has 1 aliphatic rings. The van der Waals surface area contributed by atoms with Crippen LogP contribution >= 0.6 is 0 Å². The van der Waals surface area contributed by atoms with Gasteiger partial charge >= 0.3 is 5.97 Å². The highest BCUT2D eigenvalue weighted by molar-refractivity contribution is 5.69. The highest BCUT2D eigenvalue weighted by Crippen LogP contribution is 2.12. The van der Waals surface area contributed by atoms with E-state index in [4.69, 9.17) is 9.47 Å². The molecule has 1 rings (SSSR count). The molecule has 0 amide bonds. The molecule has 1 aliphatic heterocycles. The quantitative estimate of drug-likeness (QED) is 0.483. The van der Waals surface area contributed by atoms with Gasteiger partial charge in [-0.05, 0) is 19.3 Å². The molecule has 0 aromatic carbocycles. The Kier molecular flexibility index (Phi) is 6.41. The molecule has 1 heterocycles. The molecule has 0 radical (unpaired) electrons. The molecule has 88 valence electrons. The summed E-state index contributed by atoms with van der Waals surface area (Å²) >= 11 is 0. The third kappa shape index (κ3) is 5.78. The zero-order valence-corrected chi connectivity index (χ0v) is 9.67. The Morgan fingerprint density at radius 2 is 2.27 bits per heavy atom. The number of ether oxygens (including phenoxy) is 2. The fourth-order valence-electron chi connectivity index (χ4n) is 1.73. The van der Waals surface area contributed by atoms with E-state index in [1.54, 1.807) is 0 Å². The first kappa shape index (κ1) is 12.5. The zero-order valence-electron chi connectivity index (χ0n) is 9.67. The van der Waals surface area contributed by atoms with Crippen molar-refractivity contribution >= 4 is 5.97 Å². The van der Waals surface area contributed by atoms with E-state index in [-0.39, 0.29) is 12.1 Å². The normalized spacial score (nSPS) is 20.5. The van der Waals surface area contributed by atoms with Crippen LogP contribution in [-0.2, 0) is 14.3 Å². The van der Waals surface area contributed by atoms with Gasteiger partial charge in [0, 0.05) is 13.0 Å². The van der Waals surface area contributed by atoms with Crippen molar-refractivity contribution < 1.29 is 14.3 Å². The standard InChI is InChI=1S/C12H22O3/c1-2-3-4-5-8-12(13)15-10-11-7-6-9-14-11/h11H,2-10H2,1H3/t11-/m0/s1. The Bertz CT molecular complexity index is 174. The summed E-state index contributed by atoms with van der Waals surface area (Å²) < 4.78 is 10.5. The number of carbonyl (C=O) groups is 1. The number of hydrogen-bond donors (Lipinski definition) is 0. The topological polar surface area (TPSA) is 35.5 Å². The lowest BCUT2D eigenvalue weighted by atomic mass is 10.1. The van der Waals surface area contributed by atoms with Gasteiger partial charge in [-0.25, -0.2) is 0 Å². The second-order valence-electron chi connectivity index (χ2n) is 4.13. The maximum atomic E-state index is 11.3. The smallest absolute Gasteiger partial charge is 0.305 e. The van der Waals surface area contributed by atoms with Gasteiger partial charge in [0.25, 0.3) is 0 Å². The summed E-state index contributed by atoms with van der Waals surface area (Å²) in [4.78, 5) is 11.3. The van der Waals surface area contributed by atoms with E-state index in [1.165, 1.54) is 12.8 Å². The summed E-state index contributed by atoms with van der Waals surface area (Å²) in [7, 11) is 0. The van der Waals surface area contributed by atoms with Gasteiger partial charge < -0.3 is 9.47 Å². The van der Waals surface area contributed by atoms with Crippen LogP contribution in [-0.4, -0.2) is 25.3 Å². The Morgan fingerprint density at radius 3 is 2.93 bits per heavy atom. The average molecular weight is 214 g/mol. The van der Waals surface area contributed by atoms with Crippen LogP contribution in [0.25, 0.3) is 0 Å². The van der Waals surface area contributed by atoms with Gasteiger partial charge in [-0.15, -0.1) is 0 Å². The molecule has 1 fully saturated rings. The van der Waals surface area contributed by atoms with Gasteiger partial charge in [0.05, 0.1) is 6.10 Å². The number of carbonyl (C=O) groups excluding carboxylic acids is 1. The van der Waals surface area contributed by atoms with Crippen molar-refractivity contribution in [1.82, 2.24) is 0 Å². The van der Waals surface area contributed by atoms with Gasteiger partial charge in [0.1, 0.15) is 6.61 Å². The van der Waals surface area contributed by atoms with Crippen molar-refractivity contribution in [3.63, 3.8) is 0 Å². The van der Waals surface area contributed by atoms with Crippen molar-refractivity contribution in [3.8, 4) is 0 Å². The monoisotopic (exact) mass is 214 g/mol. The average Bonchev–Trinajstić information content (AvgIpc) is 2.74. The van der Waals surface area contributed by atoms with Crippen molar-refractivity contribution in [2.24, 2.45) is 0 Å². The summed E-state index contributed by atoms with van der Waals surface area (Å²) in [5.74, 6) is -0.0680. The fourth-order valence-corrected chi connectivity index (χ4v) is 1.73. The van der Waals surface area contributed by atoms with Gasteiger partial charge in [-0.3, -0.25) is 4.79 Å². The first-order valence-electron chi connectivity index (χ1n) is 6.10. The van der Waals surface area contributed by atoms with E-state index in [2.05, 4.69) is 6.92 Å². The third-order valence-corrected chi connectivity index (χ3v) is 2.69. The summed E-state index contributed by atoms with van der Waals surface area (Å²) in [6, 6.07) is 0. The minimum atomic E-state index is -0.0680. The molecule has 0 aromatic rings. The highest BCUT2D eigenvalue weighted by atomic mass is 16.6. The third-order valence-electron chi connectivity index (χ3n) is 2.69. The predicted octanol–water partition coefficient (Wildman–Crippen LogP) is 2.68. The van der Waals surface area contributed by atoms with Gasteiger partial charge in [-0.2, -0.15) is 0 Å². The van der Waals surface area contributed by atoms with Crippen molar-refractivity contribution in [1.29, 1.82) is 0 Å². The van der Waals surface area contributed by atoms with Crippen LogP contribution in [0, 0.1) is 0 Å². The van der Waals surface area contributed by atoms with Crippen LogP contribution in [0.1, 0.15) is 51.9 Å². The van der Waals surface area contributed by atoms with Crippen LogP contribution in [0.2, 0.25) is 0 Å². The van der Waals surface area contributed by atoms with Crippen LogP contribution < -0.4 is 0 Å². The molecule has 0 aliphatic carbocycles. The second-order valence-corrected chi connectivity index (χ2v) is 4.13. The summed E-state index contributed by atoms with van der Waals surface area (Å²) in [6.45, 7) is 3.43. The van der Waals surface area contributed by atoms with Crippen molar-refractivity contribution in [2.45, 2.75) is 58.0 Å². The van der Waals surface area contributed by atoms with Crippen LogP contribution in [0.4, 0.5) is 0 Å².